The number of carbonyl (C=O) groups excluding carboxylic acids is 3. The van der Waals surface area contributed by atoms with E-state index in [2.05, 4.69) is 5.32 Å². The first-order chi connectivity index (χ1) is 12.5. The SMILES string of the molecule is NC(=O)c1ccc(C(=O)N2CCCC(C(=O)NC3CCCCC3)C2)cc1. The van der Waals surface area contributed by atoms with E-state index < -0.39 is 5.91 Å². The number of amides is 3. The summed E-state index contributed by atoms with van der Waals surface area (Å²) < 4.78 is 0. The first kappa shape index (κ1) is 18.4. The van der Waals surface area contributed by atoms with Crippen molar-refractivity contribution in [2.24, 2.45) is 11.7 Å². The number of primary amides is 1. The molecule has 1 aliphatic heterocycles. The molecule has 1 saturated heterocycles. The molecule has 1 heterocycles. The number of carbonyl (C=O) groups is 3. The number of nitrogens with one attached hydrogen (secondary N) is 1. The number of likely N-dealkylation sites (tertiary alicyclic amines) is 1. The summed E-state index contributed by atoms with van der Waals surface area (Å²) in [4.78, 5) is 38.2. The number of nitrogens with zero attached hydrogens (tertiary/aromatic N) is 1. The van der Waals surface area contributed by atoms with Crippen LogP contribution in [0.4, 0.5) is 0 Å². The van der Waals surface area contributed by atoms with E-state index in [9.17, 15) is 14.4 Å². The van der Waals surface area contributed by atoms with E-state index in [-0.39, 0.29) is 17.7 Å². The third-order valence-electron chi connectivity index (χ3n) is 5.45. The predicted octanol–water partition coefficient (Wildman–Crippen LogP) is 2.09. The highest BCUT2D eigenvalue weighted by Gasteiger charge is 2.30. The standard InChI is InChI=1S/C20H27N3O3/c21-18(24)14-8-10-15(11-9-14)20(26)23-12-4-5-16(13-23)19(25)22-17-6-2-1-3-7-17/h8-11,16-17H,1-7,12-13H2,(H2,21,24)(H,22,25). The molecule has 1 aromatic carbocycles. The maximum atomic E-state index is 12.7. The van der Waals surface area contributed by atoms with E-state index in [0.29, 0.717) is 30.3 Å². The van der Waals surface area contributed by atoms with Gasteiger partial charge in [0.15, 0.2) is 0 Å². The number of hydrogen-bond donors (Lipinski definition) is 2. The lowest BCUT2D eigenvalue weighted by atomic mass is 9.92. The summed E-state index contributed by atoms with van der Waals surface area (Å²) in [6.07, 6.45) is 7.40. The fourth-order valence-corrected chi connectivity index (χ4v) is 3.90. The first-order valence-corrected chi connectivity index (χ1v) is 9.54. The molecule has 3 rings (SSSR count). The van der Waals surface area contributed by atoms with Gasteiger partial charge in [0.25, 0.3) is 5.91 Å². The van der Waals surface area contributed by atoms with Crippen molar-refractivity contribution >= 4 is 17.7 Å². The molecule has 1 saturated carbocycles. The van der Waals surface area contributed by atoms with Crippen LogP contribution in [0.5, 0.6) is 0 Å². The number of nitrogens with two attached hydrogens (primary N) is 1. The van der Waals surface area contributed by atoms with E-state index in [4.69, 9.17) is 5.73 Å². The van der Waals surface area contributed by atoms with Crippen molar-refractivity contribution in [3.05, 3.63) is 35.4 Å². The van der Waals surface area contributed by atoms with Gasteiger partial charge in [-0.3, -0.25) is 14.4 Å². The van der Waals surface area contributed by atoms with Gasteiger partial charge in [-0.2, -0.15) is 0 Å². The van der Waals surface area contributed by atoms with Gasteiger partial charge in [0.1, 0.15) is 0 Å². The van der Waals surface area contributed by atoms with Gasteiger partial charge in [-0.05, 0) is 49.9 Å². The zero-order valence-electron chi connectivity index (χ0n) is 15.1. The van der Waals surface area contributed by atoms with Crippen molar-refractivity contribution < 1.29 is 14.4 Å². The molecule has 1 atom stereocenters. The molecule has 1 unspecified atom stereocenters. The summed E-state index contributed by atoms with van der Waals surface area (Å²) in [6, 6.07) is 6.66. The minimum absolute atomic E-state index is 0.0819. The number of hydrogen-bond acceptors (Lipinski definition) is 3. The Kier molecular flexibility index (Phi) is 5.91. The molecule has 0 spiro atoms. The number of benzene rings is 1. The van der Waals surface area contributed by atoms with Crippen LogP contribution >= 0.6 is 0 Å². The molecule has 0 radical (unpaired) electrons. The lowest BCUT2D eigenvalue weighted by molar-refractivity contribution is -0.127. The van der Waals surface area contributed by atoms with Crippen molar-refractivity contribution in [2.45, 2.75) is 51.0 Å². The molecule has 3 N–H and O–H groups in total. The normalized spacial score (nSPS) is 21.2. The van der Waals surface area contributed by atoms with Crippen LogP contribution < -0.4 is 11.1 Å². The third kappa shape index (κ3) is 4.42. The Morgan fingerprint density at radius 1 is 0.923 bits per heavy atom. The van der Waals surface area contributed by atoms with Crippen molar-refractivity contribution in [3.63, 3.8) is 0 Å². The van der Waals surface area contributed by atoms with Crippen LogP contribution in [0.3, 0.4) is 0 Å². The van der Waals surface area contributed by atoms with E-state index >= 15 is 0 Å². The lowest BCUT2D eigenvalue weighted by Crippen LogP contribution is -2.47. The van der Waals surface area contributed by atoms with Gasteiger partial charge < -0.3 is 16.0 Å². The van der Waals surface area contributed by atoms with Gasteiger partial charge in [-0.25, -0.2) is 0 Å². The second kappa shape index (κ2) is 8.34. The smallest absolute Gasteiger partial charge is 0.253 e. The Hall–Kier alpha value is -2.37. The highest BCUT2D eigenvalue weighted by molar-refractivity contribution is 5.97. The summed E-state index contributed by atoms with van der Waals surface area (Å²) in [5.41, 5.74) is 6.13. The van der Waals surface area contributed by atoms with Crippen LogP contribution in [0.25, 0.3) is 0 Å². The monoisotopic (exact) mass is 357 g/mol. The van der Waals surface area contributed by atoms with Crippen molar-refractivity contribution in [2.75, 3.05) is 13.1 Å². The Morgan fingerprint density at radius 3 is 2.23 bits per heavy atom. The second-order valence-electron chi connectivity index (χ2n) is 7.38. The molecule has 6 heteroatoms. The fourth-order valence-electron chi connectivity index (χ4n) is 3.90. The molecule has 1 aliphatic carbocycles. The molecule has 0 aromatic heterocycles. The van der Waals surface area contributed by atoms with Crippen LogP contribution in [-0.2, 0) is 4.79 Å². The summed E-state index contributed by atoms with van der Waals surface area (Å²) >= 11 is 0. The topological polar surface area (TPSA) is 92.5 Å². The number of rotatable bonds is 4. The molecule has 6 nitrogen and oxygen atoms in total. The van der Waals surface area contributed by atoms with Crippen molar-refractivity contribution in [1.82, 2.24) is 10.2 Å². The van der Waals surface area contributed by atoms with E-state index in [1.165, 1.54) is 19.3 Å². The van der Waals surface area contributed by atoms with E-state index in [1.807, 2.05) is 0 Å². The van der Waals surface area contributed by atoms with Gasteiger partial charge in [0.05, 0.1) is 5.92 Å². The third-order valence-corrected chi connectivity index (χ3v) is 5.45. The minimum atomic E-state index is -0.513. The van der Waals surface area contributed by atoms with Crippen LogP contribution in [0.2, 0.25) is 0 Å². The highest BCUT2D eigenvalue weighted by atomic mass is 16.2. The number of piperidine rings is 1. The zero-order chi connectivity index (χ0) is 18.5. The van der Waals surface area contributed by atoms with Gasteiger partial charge in [-0.1, -0.05) is 19.3 Å². The lowest BCUT2D eigenvalue weighted by Gasteiger charge is -2.33. The minimum Gasteiger partial charge on any atom is -0.366 e. The Balaban J connectivity index is 1.59. The molecule has 2 fully saturated rings. The van der Waals surface area contributed by atoms with Crippen LogP contribution in [0.15, 0.2) is 24.3 Å². The first-order valence-electron chi connectivity index (χ1n) is 9.54. The van der Waals surface area contributed by atoms with Crippen LogP contribution in [0.1, 0.15) is 65.7 Å². The molecule has 2 aliphatic rings. The second-order valence-corrected chi connectivity index (χ2v) is 7.38. The predicted molar refractivity (Wildman–Crippen MR) is 98.6 cm³/mol. The van der Waals surface area contributed by atoms with Gasteiger partial charge in [-0.15, -0.1) is 0 Å². The fraction of sp³-hybridized carbons (Fsp3) is 0.550. The molecular formula is C20H27N3O3. The van der Waals surface area contributed by atoms with Gasteiger partial charge in [0, 0.05) is 30.3 Å². The summed E-state index contributed by atoms with van der Waals surface area (Å²) in [7, 11) is 0. The maximum absolute atomic E-state index is 12.7. The largest absolute Gasteiger partial charge is 0.366 e. The summed E-state index contributed by atoms with van der Waals surface area (Å²) in [5.74, 6) is -0.671. The average molecular weight is 357 g/mol. The van der Waals surface area contributed by atoms with Crippen LogP contribution in [0, 0.1) is 5.92 Å². The average Bonchev–Trinajstić information content (AvgIpc) is 2.68. The maximum Gasteiger partial charge on any atom is 0.253 e. The van der Waals surface area contributed by atoms with Gasteiger partial charge in [0.2, 0.25) is 11.8 Å². The Labute approximate surface area is 154 Å². The highest BCUT2D eigenvalue weighted by Crippen LogP contribution is 2.22. The molecule has 1 aromatic rings. The molecule has 140 valence electrons. The Bertz CT molecular complexity index is 665. The van der Waals surface area contributed by atoms with Crippen molar-refractivity contribution in [3.8, 4) is 0 Å². The van der Waals surface area contributed by atoms with Crippen LogP contribution in [-0.4, -0.2) is 41.8 Å². The summed E-state index contributed by atoms with van der Waals surface area (Å²) in [6.45, 7) is 1.11. The zero-order valence-corrected chi connectivity index (χ0v) is 15.1. The Morgan fingerprint density at radius 2 is 1.58 bits per heavy atom. The molecule has 0 bridgehead atoms. The summed E-state index contributed by atoms with van der Waals surface area (Å²) in [5, 5.41) is 3.18. The van der Waals surface area contributed by atoms with E-state index in [1.54, 1.807) is 29.2 Å². The van der Waals surface area contributed by atoms with E-state index in [0.717, 1.165) is 25.7 Å². The van der Waals surface area contributed by atoms with Crippen molar-refractivity contribution in [1.29, 1.82) is 0 Å². The molecule has 26 heavy (non-hydrogen) atoms. The quantitative estimate of drug-likeness (QED) is 0.864. The molecule has 3 amide bonds. The van der Waals surface area contributed by atoms with Gasteiger partial charge >= 0.3 is 0 Å². The molecular weight excluding hydrogens is 330 g/mol.